The van der Waals surface area contributed by atoms with E-state index in [0.29, 0.717) is 0 Å². The normalized spacial score (nSPS) is 2.00. The summed E-state index contributed by atoms with van der Waals surface area (Å²) in [5.74, 6) is 0. The summed E-state index contributed by atoms with van der Waals surface area (Å²) < 4.78 is 0. The Balaban J connectivity index is -0.00000000667. The Kier molecular flexibility index (Phi) is 21.2. The van der Waals surface area contributed by atoms with Gasteiger partial charge in [-0.15, -0.1) is 0 Å². The summed E-state index contributed by atoms with van der Waals surface area (Å²) in [5.41, 5.74) is 1.22. The zero-order valence-electron chi connectivity index (χ0n) is 4.03. The van der Waals surface area contributed by atoms with Gasteiger partial charge >= 0.3 is 23.1 Å². The maximum Gasteiger partial charge on any atom is 2.00 e. The second kappa shape index (κ2) is 9.62. The summed E-state index contributed by atoms with van der Waals surface area (Å²) in [5, 5.41) is 7.08. The molecule has 0 saturated carbocycles. The monoisotopic (exact) mass is 87.0 g/mol. The molecule has 3 heteroatoms. The van der Waals surface area contributed by atoms with Crippen LogP contribution in [-0.2, 0) is 0 Å². The van der Waals surface area contributed by atoms with E-state index in [9.17, 15) is 0 Å². The quantitative estimate of drug-likeness (QED) is 0.396. The molecule has 0 bridgehead atoms. The van der Waals surface area contributed by atoms with Crippen molar-refractivity contribution in [2.75, 3.05) is 0 Å². The Labute approximate surface area is 48.7 Å². The predicted molar refractivity (Wildman–Crippen MR) is 19.4 cm³/mol. The van der Waals surface area contributed by atoms with Crippen molar-refractivity contribution < 1.29 is 2.85 Å². The van der Waals surface area contributed by atoms with Crippen molar-refractivity contribution in [2.45, 2.75) is 0 Å². The van der Waals surface area contributed by atoms with Crippen LogP contribution in [0, 0.1) is 10.8 Å². The van der Waals surface area contributed by atoms with Crippen LogP contribution < -0.4 is 0 Å². The van der Waals surface area contributed by atoms with Crippen LogP contribution in [0.2, 0.25) is 0 Å². The third-order valence-electron chi connectivity index (χ3n) is 0. The van der Waals surface area contributed by atoms with Crippen molar-refractivity contribution in [1.29, 1.82) is 5.26 Å². The first-order chi connectivity index (χ1) is 1.41. The standard InChI is InChI=1S/CClN.Mg.2H/c2-1-3;;;/q;+2;2*-1. The van der Waals surface area contributed by atoms with E-state index in [2.05, 4.69) is 11.6 Å². The predicted octanol–water partition coefficient (Wildman–Crippen LogP) is 0.550. The zero-order valence-corrected chi connectivity index (χ0v) is 4.20. The fourth-order valence-electron chi connectivity index (χ4n) is 0. The van der Waals surface area contributed by atoms with Crippen molar-refractivity contribution in [2.24, 2.45) is 0 Å². The molecular formula is CH2ClMgN. The molecule has 0 amide bonds. The van der Waals surface area contributed by atoms with Gasteiger partial charge in [0.25, 0.3) is 0 Å². The van der Waals surface area contributed by atoms with Crippen LogP contribution in [0.4, 0.5) is 0 Å². The Morgan fingerprint density at radius 1 is 2.00 bits per heavy atom. The molecular weight excluding hydrogens is 85.8 g/mol. The molecule has 4 heavy (non-hydrogen) atoms. The summed E-state index contributed by atoms with van der Waals surface area (Å²) in [7, 11) is 0. The van der Waals surface area contributed by atoms with E-state index in [1.807, 2.05) is 0 Å². The minimum absolute atomic E-state index is 0. The Morgan fingerprint density at radius 3 is 2.00 bits per heavy atom. The minimum Gasteiger partial charge on any atom is -1.00 e. The molecule has 0 saturated heterocycles. The maximum absolute atomic E-state index is 7.08. The molecule has 0 aromatic heterocycles. The number of nitriles is 1. The second-order valence-electron chi connectivity index (χ2n) is 0.0845. The van der Waals surface area contributed by atoms with E-state index in [-0.39, 0.29) is 25.9 Å². The van der Waals surface area contributed by atoms with E-state index in [1.54, 1.807) is 0 Å². The van der Waals surface area contributed by atoms with Gasteiger partial charge in [-0.3, -0.25) is 0 Å². The van der Waals surface area contributed by atoms with Crippen molar-refractivity contribution >= 4 is 34.7 Å². The molecule has 0 aliphatic heterocycles. The van der Waals surface area contributed by atoms with Gasteiger partial charge in [0.1, 0.15) is 0 Å². The van der Waals surface area contributed by atoms with Crippen LogP contribution >= 0.6 is 11.6 Å². The van der Waals surface area contributed by atoms with Gasteiger partial charge in [-0.2, -0.15) is 5.26 Å². The number of nitrogens with zero attached hydrogens (tertiary/aromatic N) is 1. The topological polar surface area (TPSA) is 23.8 Å². The summed E-state index contributed by atoms with van der Waals surface area (Å²) >= 11 is 4.30. The Hall–Kier alpha value is 0.546. The van der Waals surface area contributed by atoms with Crippen molar-refractivity contribution in [1.82, 2.24) is 0 Å². The summed E-state index contributed by atoms with van der Waals surface area (Å²) in [6.45, 7) is 0. The number of hydrogen-bond donors (Lipinski definition) is 0. The van der Waals surface area contributed by atoms with Crippen LogP contribution in [-0.4, -0.2) is 23.1 Å². The number of hydrogen-bond acceptors (Lipinski definition) is 1. The molecule has 0 aliphatic carbocycles. The van der Waals surface area contributed by atoms with Gasteiger partial charge in [-0.05, 0) is 0 Å². The van der Waals surface area contributed by atoms with E-state index in [0.717, 1.165) is 0 Å². The molecule has 20 valence electrons. The van der Waals surface area contributed by atoms with Crippen LogP contribution in [0.3, 0.4) is 0 Å². The van der Waals surface area contributed by atoms with E-state index in [1.165, 1.54) is 5.53 Å². The molecule has 0 aliphatic rings. The first kappa shape index (κ1) is 8.82. The third-order valence-corrected chi connectivity index (χ3v) is 0. The van der Waals surface area contributed by atoms with Gasteiger partial charge < -0.3 is 2.85 Å². The van der Waals surface area contributed by atoms with Crippen LogP contribution in [0.25, 0.3) is 0 Å². The molecule has 1 nitrogen and oxygen atoms in total. The summed E-state index contributed by atoms with van der Waals surface area (Å²) in [4.78, 5) is 0. The van der Waals surface area contributed by atoms with E-state index < -0.39 is 0 Å². The zero-order chi connectivity index (χ0) is 2.71. The smallest absolute Gasteiger partial charge is 1.00 e. The molecule has 0 aromatic carbocycles. The molecule has 0 fully saturated rings. The number of rotatable bonds is 0. The average molecular weight is 87.8 g/mol. The molecule has 0 aromatic rings. The fraction of sp³-hybridized carbons (Fsp3) is 0. The van der Waals surface area contributed by atoms with Gasteiger partial charge in [-0.25, -0.2) is 0 Å². The van der Waals surface area contributed by atoms with Crippen molar-refractivity contribution in [3.05, 3.63) is 0 Å². The molecule has 0 atom stereocenters. The second-order valence-corrected chi connectivity index (χ2v) is 0.254. The van der Waals surface area contributed by atoms with E-state index >= 15 is 0 Å². The van der Waals surface area contributed by atoms with Crippen LogP contribution in [0.5, 0.6) is 0 Å². The van der Waals surface area contributed by atoms with E-state index in [4.69, 9.17) is 5.26 Å². The van der Waals surface area contributed by atoms with Gasteiger partial charge in [0.2, 0.25) is 0 Å². The first-order valence-corrected chi connectivity index (χ1v) is 0.791. The SMILES string of the molecule is N#CCl.[H-].[H-].[Mg+2]. The molecule has 0 spiro atoms. The van der Waals surface area contributed by atoms with Gasteiger partial charge in [0.05, 0.1) is 0 Å². The molecule has 0 heterocycles. The van der Waals surface area contributed by atoms with Gasteiger partial charge in [-0.1, -0.05) is 0 Å². The Bertz CT molecular complexity index is 35.0. The van der Waals surface area contributed by atoms with Gasteiger partial charge in [0, 0.05) is 11.6 Å². The largest absolute Gasteiger partial charge is 2.00 e. The average Bonchev–Trinajstić information content (AvgIpc) is 0.918. The summed E-state index contributed by atoms with van der Waals surface area (Å²) in [6, 6.07) is 0. The minimum atomic E-state index is 0. The fourth-order valence-corrected chi connectivity index (χ4v) is 0. The first-order valence-electron chi connectivity index (χ1n) is 0.413. The molecule has 0 unspecified atom stereocenters. The van der Waals surface area contributed by atoms with Crippen molar-refractivity contribution in [3.63, 3.8) is 0 Å². The molecule has 0 N–H and O–H groups in total. The van der Waals surface area contributed by atoms with Crippen LogP contribution in [0.1, 0.15) is 2.85 Å². The Morgan fingerprint density at radius 2 is 2.00 bits per heavy atom. The number of halogens is 1. The molecule has 0 radical (unpaired) electrons. The molecule has 0 rings (SSSR count). The summed E-state index contributed by atoms with van der Waals surface area (Å²) in [6.07, 6.45) is 0. The van der Waals surface area contributed by atoms with Crippen LogP contribution in [0.15, 0.2) is 0 Å². The van der Waals surface area contributed by atoms with Gasteiger partial charge in [0.15, 0.2) is 5.53 Å². The third kappa shape index (κ3) is 20.4. The maximum atomic E-state index is 7.08. The van der Waals surface area contributed by atoms with Crippen molar-refractivity contribution in [3.8, 4) is 5.53 Å².